The van der Waals surface area contributed by atoms with E-state index in [4.69, 9.17) is 4.65 Å². The van der Waals surface area contributed by atoms with Gasteiger partial charge in [-0.05, 0) is 48.6 Å². The molecule has 2 unspecified atom stereocenters. The molecule has 2 atom stereocenters. The highest BCUT2D eigenvalue weighted by molar-refractivity contribution is 6.62. The maximum Gasteiger partial charge on any atom is 0.493 e. The molecule has 5 rings (SSSR count). The van der Waals surface area contributed by atoms with Crippen LogP contribution in [0, 0.1) is 11.3 Å². The predicted octanol–water partition coefficient (Wildman–Crippen LogP) is 1.72. The zero-order valence-corrected chi connectivity index (χ0v) is 16.5. The Hall–Kier alpha value is -2.06. The number of urea groups is 1. The molecule has 2 amide bonds. The number of nitrogens with one attached hydrogen (secondary N) is 2. The molecule has 1 saturated heterocycles. The van der Waals surface area contributed by atoms with Gasteiger partial charge in [-0.25, -0.2) is 9.78 Å². The van der Waals surface area contributed by atoms with Crippen LogP contribution in [-0.4, -0.2) is 52.7 Å². The zero-order valence-electron chi connectivity index (χ0n) is 16.5. The number of nitrogens with zero attached hydrogens (tertiary/aromatic N) is 2. The molecule has 0 bridgehead atoms. The van der Waals surface area contributed by atoms with Crippen molar-refractivity contribution in [2.75, 3.05) is 19.6 Å². The Bertz CT molecular complexity index is 923. The molecular formula is C20H27BN4O3. The lowest BCUT2D eigenvalue weighted by atomic mass is 9.46. The van der Waals surface area contributed by atoms with Crippen molar-refractivity contribution in [3.63, 3.8) is 0 Å². The van der Waals surface area contributed by atoms with Gasteiger partial charge in [0, 0.05) is 42.9 Å². The number of hydrogen-bond acceptors (Lipinski definition) is 4. The summed E-state index contributed by atoms with van der Waals surface area (Å²) in [5.41, 5.74) is 2.45. The van der Waals surface area contributed by atoms with E-state index in [0.717, 1.165) is 67.4 Å². The lowest BCUT2D eigenvalue weighted by Gasteiger charge is -2.63. The van der Waals surface area contributed by atoms with E-state index >= 15 is 0 Å². The van der Waals surface area contributed by atoms with Gasteiger partial charge in [0.15, 0.2) is 0 Å². The summed E-state index contributed by atoms with van der Waals surface area (Å²) >= 11 is 0. The number of rotatable bonds is 2. The van der Waals surface area contributed by atoms with Crippen LogP contribution in [0.4, 0.5) is 4.79 Å². The maximum atomic E-state index is 12.3. The van der Waals surface area contributed by atoms with E-state index < -0.39 is 12.7 Å². The summed E-state index contributed by atoms with van der Waals surface area (Å²) in [7, 11) is -0.915. The third kappa shape index (κ3) is 2.31. The monoisotopic (exact) mass is 382 g/mol. The van der Waals surface area contributed by atoms with Gasteiger partial charge >= 0.3 is 13.1 Å². The molecule has 2 spiro atoms. The lowest BCUT2D eigenvalue weighted by Crippen LogP contribution is -2.62. The third-order valence-electron chi connectivity index (χ3n) is 7.43. The third-order valence-corrected chi connectivity index (χ3v) is 7.43. The van der Waals surface area contributed by atoms with Gasteiger partial charge < -0.3 is 24.9 Å². The first kappa shape index (κ1) is 18.0. The van der Waals surface area contributed by atoms with Gasteiger partial charge in [-0.15, -0.1) is 0 Å². The van der Waals surface area contributed by atoms with Gasteiger partial charge in [0.2, 0.25) is 0 Å². The summed E-state index contributed by atoms with van der Waals surface area (Å²) in [5.74, 6) is 0.275. The Morgan fingerprint density at radius 1 is 1.50 bits per heavy atom. The highest BCUT2D eigenvalue weighted by atomic mass is 16.5. The number of fused-ring (bicyclic) bond motifs is 4. The van der Waals surface area contributed by atoms with Crippen molar-refractivity contribution >= 4 is 29.6 Å². The number of H-pyrrole nitrogens is 1. The van der Waals surface area contributed by atoms with Gasteiger partial charge in [0.05, 0.1) is 5.60 Å². The fourth-order valence-electron chi connectivity index (χ4n) is 5.75. The Balaban J connectivity index is 1.38. The second-order valence-corrected chi connectivity index (χ2v) is 8.67. The van der Waals surface area contributed by atoms with Crippen LogP contribution in [0.2, 0.25) is 0 Å². The summed E-state index contributed by atoms with van der Waals surface area (Å²) in [6.45, 7) is 6.59. The summed E-state index contributed by atoms with van der Waals surface area (Å²) in [5, 5.41) is 14.6. The Morgan fingerprint density at radius 2 is 2.29 bits per heavy atom. The van der Waals surface area contributed by atoms with Gasteiger partial charge in [-0.1, -0.05) is 13.8 Å². The normalized spacial score (nSPS) is 28.0. The molecule has 148 valence electrons. The molecular weight excluding hydrogens is 355 g/mol. The van der Waals surface area contributed by atoms with Crippen LogP contribution in [-0.2, 0) is 10.3 Å². The Kier molecular flexibility index (Phi) is 4.00. The van der Waals surface area contributed by atoms with Crippen molar-refractivity contribution in [3.05, 3.63) is 24.0 Å². The van der Waals surface area contributed by atoms with Crippen molar-refractivity contribution in [3.8, 4) is 0 Å². The number of amides is 2. The van der Waals surface area contributed by atoms with Crippen molar-refractivity contribution in [1.29, 1.82) is 0 Å². The minimum absolute atomic E-state index is 0.0522. The average molecular weight is 382 g/mol. The Morgan fingerprint density at radius 3 is 3.00 bits per heavy atom. The van der Waals surface area contributed by atoms with E-state index in [1.807, 2.05) is 17.2 Å². The lowest BCUT2D eigenvalue weighted by molar-refractivity contribution is -0.194. The van der Waals surface area contributed by atoms with Crippen LogP contribution in [0.3, 0.4) is 0 Å². The first-order valence-corrected chi connectivity index (χ1v) is 10.4. The smallest absolute Gasteiger partial charge is 0.423 e. The largest absolute Gasteiger partial charge is 0.493 e. The SMILES string of the molecule is CCCNC(=O)N1CCC2(CC1)CC1(OB(O)c3cnc4[nH]ccc4c31)C2C. The molecule has 28 heavy (non-hydrogen) atoms. The van der Waals surface area contributed by atoms with E-state index in [1.54, 1.807) is 6.20 Å². The fourth-order valence-corrected chi connectivity index (χ4v) is 5.75. The average Bonchev–Trinajstić information content (AvgIpc) is 3.30. The molecule has 3 N–H and O–H groups in total. The van der Waals surface area contributed by atoms with Gasteiger partial charge in [-0.2, -0.15) is 0 Å². The van der Waals surface area contributed by atoms with E-state index in [1.165, 1.54) is 0 Å². The highest BCUT2D eigenvalue weighted by Gasteiger charge is 2.67. The number of aromatic nitrogens is 2. The van der Waals surface area contributed by atoms with Crippen LogP contribution in [0.5, 0.6) is 0 Å². The van der Waals surface area contributed by atoms with Crippen LogP contribution < -0.4 is 10.8 Å². The molecule has 1 saturated carbocycles. The Labute approximate surface area is 165 Å². The molecule has 2 aromatic heterocycles. The first-order valence-electron chi connectivity index (χ1n) is 10.4. The molecule has 7 nitrogen and oxygen atoms in total. The van der Waals surface area contributed by atoms with Gasteiger partial charge in [0.25, 0.3) is 0 Å². The van der Waals surface area contributed by atoms with Gasteiger partial charge in [-0.3, -0.25) is 0 Å². The van der Waals surface area contributed by atoms with Crippen molar-refractivity contribution < 1.29 is 14.5 Å². The van der Waals surface area contributed by atoms with Crippen LogP contribution in [0.25, 0.3) is 11.0 Å². The predicted molar refractivity (Wildman–Crippen MR) is 107 cm³/mol. The second-order valence-electron chi connectivity index (χ2n) is 8.67. The quantitative estimate of drug-likeness (QED) is 0.690. The standard InChI is InChI=1S/C20H27BN4O3/c1-3-7-23-18(26)25-9-5-19(6-10-25)12-20(13(19)2)16-14-4-8-22-17(14)24-11-15(16)21(27)28-20/h4,8,11,13,27H,3,5-7,9-10,12H2,1-2H3,(H,22,24)(H,23,26). The van der Waals surface area contributed by atoms with Crippen LogP contribution in [0.15, 0.2) is 18.5 Å². The number of hydrogen-bond donors (Lipinski definition) is 3. The van der Waals surface area contributed by atoms with Gasteiger partial charge in [0.1, 0.15) is 5.65 Å². The maximum absolute atomic E-state index is 12.3. The minimum atomic E-state index is -0.915. The molecule has 4 heterocycles. The van der Waals surface area contributed by atoms with Crippen LogP contribution in [0.1, 0.15) is 45.1 Å². The molecule has 2 fully saturated rings. The van der Waals surface area contributed by atoms with Crippen molar-refractivity contribution in [2.45, 2.75) is 45.1 Å². The first-order chi connectivity index (χ1) is 13.5. The molecule has 0 aromatic carbocycles. The van der Waals surface area contributed by atoms with E-state index in [-0.39, 0.29) is 17.4 Å². The van der Waals surface area contributed by atoms with Crippen molar-refractivity contribution in [2.24, 2.45) is 11.3 Å². The second kappa shape index (κ2) is 6.22. The fraction of sp³-hybridized carbons (Fsp3) is 0.600. The number of pyridine rings is 1. The summed E-state index contributed by atoms with van der Waals surface area (Å²) in [6, 6.07) is 2.08. The number of carbonyl (C=O) groups is 1. The number of carbonyl (C=O) groups excluding carboxylic acids is 1. The van der Waals surface area contributed by atoms with E-state index in [9.17, 15) is 9.82 Å². The van der Waals surface area contributed by atoms with Crippen LogP contribution >= 0.6 is 0 Å². The molecule has 8 heteroatoms. The number of piperidine rings is 1. The molecule has 2 aromatic rings. The molecule has 0 radical (unpaired) electrons. The highest BCUT2D eigenvalue weighted by Crippen LogP contribution is 2.66. The molecule has 2 aliphatic heterocycles. The summed E-state index contributed by atoms with van der Waals surface area (Å²) < 4.78 is 6.21. The summed E-state index contributed by atoms with van der Waals surface area (Å²) in [6.07, 6.45) is 7.43. The topological polar surface area (TPSA) is 90.5 Å². The van der Waals surface area contributed by atoms with E-state index in [2.05, 4.69) is 29.1 Å². The van der Waals surface area contributed by atoms with Crippen molar-refractivity contribution in [1.82, 2.24) is 20.2 Å². The molecule has 1 aliphatic carbocycles. The summed E-state index contributed by atoms with van der Waals surface area (Å²) in [4.78, 5) is 21.8. The van der Waals surface area contributed by atoms with E-state index in [0.29, 0.717) is 0 Å². The minimum Gasteiger partial charge on any atom is -0.423 e. The number of aromatic amines is 1. The molecule has 3 aliphatic rings. The number of likely N-dealkylation sites (tertiary alicyclic amines) is 1. The zero-order chi connectivity index (χ0) is 19.5.